The Morgan fingerprint density at radius 2 is 2.19 bits per heavy atom. The van der Waals surface area contributed by atoms with Crippen molar-refractivity contribution in [3.05, 3.63) is 0 Å². The van der Waals surface area contributed by atoms with E-state index in [4.69, 9.17) is 0 Å². The van der Waals surface area contributed by atoms with Crippen LogP contribution in [-0.2, 0) is 9.53 Å². The van der Waals surface area contributed by atoms with Gasteiger partial charge in [-0.25, -0.2) is 4.79 Å². The van der Waals surface area contributed by atoms with Gasteiger partial charge in [-0.1, -0.05) is 13.3 Å². The van der Waals surface area contributed by atoms with Crippen LogP contribution in [0.3, 0.4) is 0 Å². The van der Waals surface area contributed by atoms with E-state index in [0.29, 0.717) is 6.54 Å². The van der Waals surface area contributed by atoms with Crippen molar-refractivity contribution in [2.24, 2.45) is 5.92 Å². The molecule has 0 aliphatic heterocycles. The molecule has 4 nitrogen and oxygen atoms in total. The molecule has 1 aliphatic rings. The largest absolute Gasteiger partial charge is 0.467 e. The monoisotopic (exact) mass is 229 g/mol. The number of rotatable bonds is 6. The summed E-state index contributed by atoms with van der Waals surface area (Å²) in [4.78, 5) is 13.5. The molecule has 0 amide bonds. The molecule has 0 spiro atoms. The second-order valence-corrected chi connectivity index (χ2v) is 4.89. The Labute approximate surface area is 97.6 Å². The van der Waals surface area contributed by atoms with Crippen LogP contribution in [0.2, 0.25) is 0 Å². The van der Waals surface area contributed by atoms with E-state index in [1.807, 2.05) is 6.92 Å². The number of aliphatic hydroxyl groups is 1. The van der Waals surface area contributed by atoms with Crippen LogP contribution in [-0.4, -0.2) is 48.3 Å². The van der Waals surface area contributed by atoms with Crippen molar-refractivity contribution in [3.63, 3.8) is 0 Å². The van der Waals surface area contributed by atoms with Crippen LogP contribution < -0.4 is 0 Å². The van der Waals surface area contributed by atoms with Gasteiger partial charge in [0.25, 0.3) is 0 Å². The highest BCUT2D eigenvalue weighted by Gasteiger charge is 2.34. The number of nitrogens with zero attached hydrogens (tertiary/aromatic N) is 1. The molecule has 1 saturated carbocycles. The average Bonchev–Trinajstić information content (AvgIpc) is 2.19. The minimum atomic E-state index is -1.39. The van der Waals surface area contributed by atoms with Crippen molar-refractivity contribution < 1.29 is 14.6 Å². The van der Waals surface area contributed by atoms with Crippen LogP contribution in [0, 0.1) is 5.92 Å². The maximum Gasteiger partial charge on any atom is 0.338 e. The Bertz CT molecular complexity index is 236. The average molecular weight is 229 g/mol. The quantitative estimate of drug-likeness (QED) is 0.691. The van der Waals surface area contributed by atoms with Gasteiger partial charge >= 0.3 is 5.97 Å². The van der Waals surface area contributed by atoms with Crippen LogP contribution in [0.4, 0.5) is 0 Å². The highest BCUT2D eigenvalue weighted by atomic mass is 16.5. The summed E-state index contributed by atoms with van der Waals surface area (Å²) in [5, 5.41) is 9.97. The van der Waals surface area contributed by atoms with E-state index in [0.717, 1.165) is 19.0 Å². The SMILES string of the molecule is CCN(CC1CCC1)CC(C)(O)C(=O)OC. The van der Waals surface area contributed by atoms with Gasteiger partial charge in [0.1, 0.15) is 0 Å². The van der Waals surface area contributed by atoms with Crippen molar-refractivity contribution in [3.8, 4) is 0 Å². The van der Waals surface area contributed by atoms with Gasteiger partial charge in [0, 0.05) is 13.1 Å². The lowest BCUT2D eigenvalue weighted by Crippen LogP contribution is -2.49. The summed E-state index contributed by atoms with van der Waals surface area (Å²) in [6, 6.07) is 0. The molecule has 4 heteroatoms. The molecular weight excluding hydrogens is 206 g/mol. The van der Waals surface area contributed by atoms with Gasteiger partial charge in [0.05, 0.1) is 7.11 Å². The summed E-state index contributed by atoms with van der Waals surface area (Å²) in [5.41, 5.74) is -1.39. The molecule has 16 heavy (non-hydrogen) atoms. The molecule has 94 valence electrons. The molecule has 0 heterocycles. The van der Waals surface area contributed by atoms with Crippen molar-refractivity contribution in [2.45, 2.75) is 38.7 Å². The highest BCUT2D eigenvalue weighted by molar-refractivity contribution is 5.78. The van der Waals surface area contributed by atoms with Crippen LogP contribution in [0.1, 0.15) is 33.1 Å². The van der Waals surface area contributed by atoms with Gasteiger partial charge < -0.3 is 9.84 Å². The van der Waals surface area contributed by atoms with E-state index < -0.39 is 11.6 Å². The Morgan fingerprint density at radius 1 is 1.56 bits per heavy atom. The Balaban J connectivity index is 2.44. The van der Waals surface area contributed by atoms with Gasteiger partial charge in [0.2, 0.25) is 0 Å². The number of hydrogen-bond acceptors (Lipinski definition) is 4. The molecule has 1 rings (SSSR count). The number of carbonyl (C=O) groups is 1. The number of ether oxygens (including phenoxy) is 1. The topological polar surface area (TPSA) is 49.8 Å². The Hall–Kier alpha value is -0.610. The summed E-state index contributed by atoms with van der Waals surface area (Å²) in [5.74, 6) is 0.188. The molecule has 0 bridgehead atoms. The standard InChI is InChI=1S/C12H23NO3/c1-4-13(8-10-6-5-7-10)9-12(2,15)11(14)16-3/h10,15H,4-9H2,1-3H3. The van der Waals surface area contributed by atoms with E-state index >= 15 is 0 Å². The fourth-order valence-corrected chi connectivity index (χ4v) is 2.07. The molecular formula is C12H23NO3. The second-order valence-electron chi connectivity index (χ2n) is 4.89. The van der Waals surface area contributed by atoms with Crippen molar-refractivity contribution in [2.75, 3.05) is 26.7 Å². The summed E-state index contributed by atoms with van der Waals surface area (Å²) < 4.78 is 4.59. The Morgan fingerprint density at radius 3 is 2.56 bits per heavy atom. The van der Waals surface area contributed by atoms with Gasteiger partial charge in [0.15, 0.2) is 5.60 Å². The summed E-state index contributed by atoms with van der Waals surface area (Å²) in [7, 11) is 1.30. The predicted molar refractivity (Wildman–Crippen MR) is 62.1 cm³/mol. The molecule has 1 atom stereocenters. The molecule has 0 saturated heterocycles. The minimum absolute atomic E-state index is 0.354. The second kappa shape index (κ2) is 5.64. The van der Waals surface area contributed by atoms with Gasteiger partial charge in [-0.05, 0) is 32.2 Å². The van der Waals surface area contributed by atoms with E-state index in [-0.39, 0.29) is 0 Å². The number of carbonyl (C=O) groups excluding carboxylic acids is 1. The molecule has 0 aromatic carbocycles. The van der Waals surface area contributed by atoms with Crippen molar-refractivity contribution in [1.29, 1.82) is 0 Å². The number of esters is 1. The van der Waals surface area contributed by atoms with Crippen LogP contribution in [0.5, 0.6) is 0 Å². The molecule has 1 aliphatic carbocycles. The third-order valence-electron chi connectivity index (χ3n) is 3.34. The first-order valence-electron chi connectivity index (χ1n) is 6.02. The molecule has 1 unspecified atom stereocenters. The summed E-state index contributed by atoms with van der Waals surface area (Å²) >= 11 is 0. The molecule has 1 N–H and O–H groups in total. The van der Waals surface area contributed by atoms with Gasteiger partial charge in [-0.2, -0.15) is 0 Å². The fraction of sp³-hybridized carbons (Fsp3) is 0.917. The zero-order valence-corrected chi connectivity index (χ0v) is 10.5. The number of likely N-dealkylation sites (N-methyl/N-ethyl adjacent to an activating group) is 1. The van der Waals surface area contributed by atoms with Crippen LogP contribution in [0.25, 0.3) is 0 Å². The van der Waals surface area contributed by atoms with E-state index in [2.05, 4.69) is 9.64 Å². The number of methoxy groups -OCH3 is 1. The predicted octanol–water partition coefficient (Wildman–Crippen LogP) is 1.03. The maximum atomic E-state index is 11.4. The lowest BCUT2D eigenvalue weighted by atomic mass is 9.85. The lowest BCUT2D eigenvalue weighted by Gasteiger charge is -2.34. The zero-order chi connectivity index (χ0) is 12.2. The van der Waals surface area contributed by atoms with E-state index in [9.17, 15) is 9.90 Å². The highest BCUT2D eigenvalue weighted by Crippen LogP contribution is 2.27. The molecule has 0 aromatic rings. The summed E-state index contributed by atoms with van der Waals surface area (Å²) in [6.45, 7) is 5.74. The molecule has 0 radical (unpaired) electrons. The maximum absolute atomic E-state index is 11.4. The third-order valence-corrected chi connectivity index (χ3v) is 3.34. The lowest BCUT2D eigenvalue weighted by molar-refractivity contribution is -0.162. The van der Waals surface area contributed by atoms with Crippen molar-refractivity contribution in [1.82, 2.24) is 4.90 Å². The first-order valence-corrected chi connectivity index (χ1v) is 6.02. The van der Waals surface area contributed by atoms with Crippen molar-refractivity contribution >= 4 is 5.97 Å². The fourth-order valence-electron chi connectivity index (χ4n) is 2.07. The van der Waals surface area contributed by atoms with Gasteiger partial charge in [-0.15, -0.1) is 0 Å². The van der Waals surface area contributed by atoms with E-state index in [1.165, 1.54) is 33.3 Å². The van der Waals surface area contributed by atoms with Crippen LogP contribution >= 0.6 is 0 Å². The first-order chi connectivity index (χ1) is 7.49. The summed E-state index contributed by atoms with van der Waals surface area (Å²) in [6.07, 6.45) is 3.86. The van der Waals surface area contributed by atoms with Crippen LogP contribution in [0.15, 0.2) is 0 Å². The minimum Gasteiger partial charge on any atom is -0.467 e. The smallest absolute Gasteiger partial charge is 0.338 e. The van der Waals surface area contributed by atoms with E-state index in [1.54, 1.807) is 0 Å². The first kappa shape index (κ1) is 13.5. The molecule has 1 fully saturated rings. The molecule has 0 aromatic heterocycles. The number of hydrogen-bond donors (Lipinski definition) is 1. The van der Waals surface area contributed by atoms with Gasteiger partial charge in [-0.3, -0.25) is 4.90 Å². The zero-order valence-electron chi connectivity index (χ0n) is 10.5. The third kappa shape index (κ3) is 3.46. The normalized spacial score (nSPS) is 20.3. The Kier molecular flexibility index (Phi) is 4.74.